The summed E-state index contributed by atoms with van der Waals surface area (Å²) in [5, 5.41) is 6.97. The zero-order valence-electron chi connectivity index (χ0n) is 11.1. The third-order valence-corrected chi connectivity index (χ3v) is 2.61. The van der Waals surface area contributed by atoms with E-state index in [1.807, 2.05) is 26.0 Å². The van der Waals surface area contributed by atoms with E-state index < -0.39 is 0 Å². The molecule has 16 heavy (non-hydrogen) atoms. The minimum absolute atomic E-state index is 0.481. The standard InChI is InChI=1S/C12H19NO.C2H6/c1-11-12(8-9-13(11)2)7-5-3-4-6-10-14;1-2/h3-5,7,14H,6,8-10H2,1-2H3;1-2H3/p+1/b4-3-,7-5-;. The second-order valence-corrected chi connectivity index (χ2v) is 3.61. The summed E-state index contributed by atoms with van der Waals surface area (Å²) in [5.41, 5.74) is 2.82. The van der Waals surface area contributed by atoms with Crippen molar-refractivity contribution >= 4 is 0 Å². The van der Waals surface area contributed by atoms with Crippen molar-refractivity contribution in [3.05, 3.63) is 35.6 Å². The number of hydrogen-bond donors (Lipinski definition) is 0. The maximum atomic E-state index is 6.97. The van der Waals surface area contributed by atoms with Crippen LogP contribution in [-0.2, 0) is 0 Å². The van der Waals surface area contributed by atoms with Crippen molar-refractivity contribution < 1.29 is 5.11 Å². The van der Waals surface area contributed by atoms with Gasteiger partial charge < -0.3 is 10.0 Å². The Bertz CT molecular complexity index is 264. The van der Waals surface area contributed by atoms with Crippen LogP contribution in [0.2, 0.25) is 0 Å². The van der Waals surface area contributed by atoms with E-state index in [9.17, 15) is 0 Å². The van der Waals surface area contributed by atoms with Gasteiger partial charge in [0.2, 0.25) is 0 Å². The quantitative estimate of drug-likeness (QED) is 0.532. The van der Waals surface area contributed by atoms with E-state index in [4.69, 9.17) is 5.11 Å². The lowest BCUT2D eigenvalue weighted by atomic mass is 10.2. The Labute approximate surface area is 100.0 Å². The molecule has 1 aliphatic rings. The van der Waals surface area contributed by atoms with Gasteiger partial charge in [0, 0.05) is 25.7 Å². The minimum atomic E-state index is 0.481. The predicted octanol–water partition coefficient (Wildman–Crippen LogP) is 2.85. The van der Waals surface area contributed by atoms with Crippen LogP contribution in [0.15, 0.2) is 35.6 Å². The van der Waals surface area contributed by atoms with Crippen LogP contribution in [0.4, 0.5) is 0 Å². The van der Waals surface area contributed by atoms with Gasteiger partial charge in [0.1, 0.15) is 6.61 Å². The lowest BCUT2D eigenvalue weighted by Crippen LogP contribution is -2.10. The Balaban J connectivity index is 0.00000106. The highest BCUT2D eigenvalue weighted by molar-refractivity contribution is 5.29. The minimum Gasteiger partial charge on any atom is -0.445 e. The van der Waals surface area contributed by atoms with Crippen LogP contribution in [0.3, 0.4) is 0 Å². The largest absolute Gasteiger partial charge is 0.445 e. The predicted molar refractivity (Wildman–Crippen MR) is 72.7 cm³/mol. The second kappa shape index (κ2) is 9.22. The van der Waals surface area contributed by atoms with Gasteiger partial charge in [0.15, 0.2) is 0 Å². The average Bonchev–Trinajstić information content (AvgIpc) is 2.63. The van der Waals surface area contributed by atoms with Crippen LogP contribution in [0.25, 0.3) is 0 Å². The molecule has 0 atom stereocenters. The molecule has 2 heteroatoms. The zero-order valence-corrected chi connectivity index (χ0v) is 11.1. The van der Waals surface area contributed by atoms with E-state index in [-0.39, 0.29) is 0 Å². The van der Waals surface area contributed by atoms with Gasteiger partial charge in [-0.3, -0.25) is 0 Å². The van der Waals surface area contributed by atoms with Gasteiger partial charge in [-0.25, -0.2) is 0 Å². The lowest BCUT2D eigenvalue weighted by Gasteiger charge is -2.10. The monoisotopic (exact) mass is 224 g/mol. The first kappa shape index (κ1) is 15.0. The molecular weight excluding hydrogens is 198 g/mol. The van der Waals surface area contributed by atoms with E-state index in [0.717, 1.165) is 19.4 Å². The Kier molecular flexibility index (Phi) is 8.64. The smallest absolute Gasteiger partial charge is 0.147 e. The van der Waals surface area contributed by atoms with Crippen molar-refractivity contribution in [1.29, 1.82) is 0 Å². The molecule has 0 bridgehead atoms. The number of allylic oxidation sites excluding steroid dienone is 4. The van der Waals surface area contributed by atoms with Crippen molar-refractivity contribution in [3.8, 4) is 0 Å². The summed E-state index contributed by atoms with van der Waals surface area (Å²) in [7, 11) is 2.13. The molecule has 0 radical (unpaired) electrons. The normalized spacial score (nSPS) is 16.2. The van der Waals surface area contributed by atoms with E-state index in [2.05, 4.69) is 31.0 Å². The zero-order chi connectivity index (χ0) is 12.4. The fraction of sp³-hybridized carbons (Fsp3) is 0.571. The van der Waals surface area contributed by atoms with Gasteiger partial charge in [-0.2, -0.15) is 0 Å². The van der Waals surface area contributed by atoms with Crippen LogP contribution in [0, 0.1) is 0 Å². The first-order valence-electron chi connectivity index (χ1n) is 6.14. The van der Waals surface area contributed by atoms with E-state index in [1.165, 1.54) is 11.3 Å². The van der Waals surface area contributed by atoms with Crippen molar-refractivity contribution in [1.82, 2.24) is 4.90 Å². The molecule has 0 aromatic rings. The third-order valence-electron chi connectivity index (χ3n) is 2.61. The summed E-state index contributed by atoms with van der Waals surface area (Å²) in [6.45, 7) is 7.79. The average molecular weight is 224 g/mol. The van der Waals surface area contributed by atoms with Gasteiger partial charge in [-0.05, 0) is 18.9 Å². The lowest BCUT2D eigenvalue weighted by molar-refractivity contribution is 0.302. The van der Waals surface area contributed by atoms with E-state index in [0.29, 0.717) is 6.61 Å². The third kappa shape index (κ3) is 5.17. The van der Waals surface area contributed by atoms with Crippen LogP contribution in [-0.4, -0.2) is 30.2 Å². The Hall–Kier alpha value is -1.02. The molecule has 0 saturated heterocycles. The maximum Gasteiger partial charge on any atom is 0.147 e. The number of hydrogen-bond acceptors (Lipinski definition) is 1. The summed E-state index contributed by atoms with van der Waals surface area (Å²) in [4.78, 5) is 2.28. The van der Waals surface area contributed by atoms with Gasteiger partial charge >= 0.3 is 0 Å². The fourth-order valence-corrected chi connectivity index (χ4v) is 1.52. The highest BCUT2D eigenvalue weighted by Crippen LogP contribution is 2.21. The summed E-state index contributed by atoms with van der Waals surface area (Å²) in [6.07, 6.45) is 10.3. The topological polar surface area (TPSA) is 26.1 Å². The summed E-state index contributed by atoms with van der Waals surface area (Å²) < 4.78 is 0. The first-order valence-corrected chi connectivity index (χ1v) is 6.14. The molecule has 0 spiro atoms. The molecule has 0 fully saturated rings. The maximum absolute atomic E-state index is 6.97. The number of nitrogens with zero attached hydrogens (tertiary/aromatic N) is 1. The van der Waals surface area contributed by atoms with Crippen molar-refractivity contribution in [2.45, 2.75) is 33.6 Å². The molecule has 0 unspecified atom stereocenters. The van der Waals surface area contributed by atoms with Gasteiger partial charge in [0.25, 0.3) is 0 Å². The fourth-order valence-electron chi connectivity index (χ4n) is 1.52. The van der Waals surface area contributed by atoms with Crippen LogP contribution in [0.1, 0.15) is 33.6 Å². The second-order valence-electron chi connectivity index (χ2n) is 3.61. The van der Waals surface area contributed by atoms with Gasteiger partial charge in [-0.1, -0.05) is 38.2 Å². The molecule has 0 aromatic carbocycles. The summed E-state index contributed by atoms with van der Waals surface area (Å²) in [5.74, 6) is 0. The molecule has 0 aromatic heterocycles. The molecule has 92 valence electrons. The Morgan fingerprint density at radius 3 is 2.50 bits per heavy atom. The SMILES string of the molecule is CC.CC1=C(/C=C\C=C/CC[OH2+])CCN1C. The van der Waals surface area contributed by atoms with Crippen molar-refractivity contribution in [2.75, 3.05) is 20.2 Å². The highest BCUT2D eigenvalue weighted by Gasteiger charge is 2.11. The molecule has 0 amide bonds. The van der Waals surface area contributed by atoms with Crippen molar-refractivity contribution in [3.63, 3.8) is 0 Å². The molecular formula is C14H26NO+. The first-order chi connectivity index (χ1) is 7.75. The van der Waals surface area contributed by atoms with Gasteiger partial charge in [-0.15, -0.1) is 0 Å². The van der Waals surface area contributed by atoms with Crippen LogP contribution in [0.5, 0.6) is 0 Å². The van der Waals surface area contributed by atoms with E-state index in [1.54, 1.807) is 0 Å². The Morgan fingerprint density at radius 2 is 2.00 bits per heavy atom. The number of rotatable bonds is 4. The molecule has 2 nitrogen and oxygen atoms in total. The van der Waals surface area contributed by atoms with Gasteiger partial charge in [0.05, 0.1) is 0 Å². The Morgan fingerprint density at radius 1 is 1.31 bits per heavy atom. The molecule has 0 saturated carbocycles. The van der Waals surface area contributed by atoms with Crippen molar-refractivity contribution in [2.24, 2.45) is 0 Å². The van der Waals surface area contributed by atoms with E-state index >= 15 is 0 Å². The molecule has 1 aliphatic heterocycles. The van der Waals surface area contributed by atoms with Crippen LogP contribution >= 0.6 is 0 Å². The van der Waals surface area contributed by atoms with Crippen LogP contribution < -0.4 is 0 Å². The molecule has 2 N–H and O–H groups in total. The molecule has 0 aliphatic carbocycles. The highest BCUT2D eigenvalue weighted by atomic mass is 16.2. The summed E-state index contributed by atoms with van der Waals surface area (Å²) in [6, 6.07) is 0. The molecule has 1 heterocycles. The molecule has 1 rings (SSSR count). The summed E-state index contributed by atoms with van der Waals surface area (Å²) >= 11 is 0.